The first kappa shape index (κ1) is 13.5. The predicted molar refractivity (Wildman–Crippen MR) is 81.7 cm³/mol. The van der Waals surface area contributed by atoms with Gasteiger partial charge in [-0.15, -0.1) is 0 Å². The summed E-state index contributed by atoms with van der Waals surface area (Å²) in [4.78, 5) is 4.30. The Hall–Kier alpha value is -1.45. The van der Waals surface area contributed by atoms with E-state index in [0.717, 1.165) is 19.6 Å². The first-order valence-corrected chi connectivity index (χ1v) is 7.49. The molecule has 3 atom stereocenters. The summed E-state index contributed by atoms with van der Waals surface area (Å²) in [7, 11) is 0. The first-order valence-electron chi connectivity index (χ1n) is 7.49. The van der Waals surface area contributed by atoms with E-state index in [2.05, 4.69) is 48.4 Å². The monoisotopic (exact) mass is 270 g/mol. The molecule has 0 saturated carbocycles. The molecular weight excluding hydrogens is 248 g/mol. The number of nitrogens with one attached hydrogen (secondary N) is 1. The highest BCUT2D eigenvalue weighted by molar-refractivity contribution is 5.85. The normalized spacial score (nSPS) is 24.1. The molecule has 0 aliphatic carbocycles. The Labute approximate surface area is 120 Å². The zero-order valence-corrected chi connectivity index (χ0v) is 12.2. The van der Waals surface area contributed by atoms with Gasteiger partial charge in [0.2, 0.25) is 0 Å². The van der Waals surface area contributed by atoms with Crippen molar-refractivity contribution in [2.24, 2.45) is 5.92 Å². The summed E-state index contributed by atoms with van der Waals surface area (Å²) in [6.45, 7) is 6.18. The summed E-state index contributed by atoms with van der Waals surface area (Å²) >= 11 is 0. The van der Waals surface area contributed by atoms with Crippen molar-refractivity contribution in [3.05, 3.63) is 42.2 Å². The van der Waals surface area contributed by atoms with Crippen molar-refractivity contribution >= 4 is 10.8 Å². The number of pyridine rings is 1. The van der Waals surface area contributed by atoms with Crippen LogP contribution in [-0.2, 0) is 4.74 Å². The van der Waals surface area contributed by atoms with Gasteiger partial charge in [0, 0.05) is 36.3 Å². The summed E-state index contributed by atoms with van der Waals surface area (Å²) in [6.07, 6.45) is 5.27. The van der Waals surface area contributed by atoms with Crippen molar-refractivity contribution in [3.8, 4) is 0 Å². The molecule has 1 saturated heterocycles. The average Bonchev–Trinajstić information content (AvgIpc) is 2.90. The molecule has 2 aromatic rings. The lowest BCUT2D eigenvalue weighted by Crippen LogP contribution is -2.32. The number of rotatable bonds is 4. The number of hydrogen-bond donors (Lipinski definition) is 1. The number of hydrogen-bond acceptors (Lipinski definition) is 3. The van der Waals surface area contributed by atoms with Gasteiger partial charge < -0.3 is 10.1 Å². The molecular formula is C17H22N2O. The minimum Gasteiger partial charge on any atom is -0.378 e. The topological polar surface area (TPSA) is 34.2 Å². The molecule has 1 fully saturated rings. The Morgan fingerprint density at radius 3 is 3.05 bits per heavy atom. The lowest BCUT2D eigenvalue weighted by molar-refractivity contribution is 0.0957. The molecule has 1 aromatic carbocycles. The predicted octanol–water partition coefficient (Wildman–Crippen LogP) is 3.31. The third-order valence-electron chi connectivity index (χ3n) is 4.34. The van der Waals surface area contributed by atoms with Gasteiger partial charge in [0.15, 0.2) is 0 Å². The fourth-order valence-electron chi connectivity index (χ4n) is 3.31. The highest BCUT2D eigenvalue weighted by Crippen LogP contribution is 2.36. The Kier molecular flexibility index (Phi) is 3.99. The Morgan fingerprint density at radius 2 is 2.30 bits per heavy atom. The molecule has 1 aliphatic rings. The quantitative estimate of drug-likeness (QED) is 0.925. The van der Waals surface area contributed by atoms with E-state index < -0.39 is 0 Å². The van der Waals surface area contributed by atoms with Crippen LogP contribution in [0, 0.1) is 5.92 Å². The highest BCUT2D eigenvalue weighted by atomic mass is 16.5. The van der Waals surface area contributed by atoms with E-state index in [0.29, 0.717) is 18.1 Å². The Bertz CT molecular complexity index is 579. The number of aromatic nitrogens is 1. The molecule has 3 nitrogen and oxygen atoms in total. The summed E-state index contributed by atoms with van der Waals surface area (Å²) in [5.41, 5.74) is 1.35. The van der Waals surface area contributed by atoms with Crippen LogP contribution in [0.2, 0.25) is 0 Å². The summed E-state index contributed by atoms with van der Waals surface area (Å²) < 4.78 is 5.77. The van der Waals surface area contributed by atoms with E-state index in [4.69, 9.17) is 4.74 Å². The van der Waals surface area contributed by atoms with Crippen LogP contribution in [0.5, 0.6) is 0 Å². The molecule has 2 heterocycles. The molecule has 0 bridgehead atoms. The lowest BCUT2D eigenvalue weighted by atomic mass is 9.86. The molecule has 1 N–H and O–H groups in total. The molecule has 0 radical (unpaired) electrons. The molecule has 1 aromatic heterocycles. The molecule has 0 spiro atoms. The minimum atomic E-state index is 0.311. The molecule has 3 heteroatoms. The van der Waals surface area contributed by atoms with E-state index in [1.54, 1.807) is 0 Å². The molecule has 106 valence electrons. The third kappa shape index (κ3) is 2.43. The highest BCUT2D eigenvalue weighted by Gasteiger charge is 2.33. The Morgan fingerprint density at radius 1 is 1.40 bits per heavy atom. The molecule has 3 rings (SSSR count). The third-order valence-corrected chi connectivity index (χ3v) is 4.34. The Balaban J connectivity index is 2.05. The van der Waals surface area contributed by atoms with E-state index in [-0.39, 0.29) is 0 Å². The molecule has 0 amide bonds. The van der Waals surface area contributed by atoms with Gasteiger partial charge in [0.25, 0.3) is 0 Å². The van der Waals surface area contributed by atoms with Crippen molar-refractivity contribution in [1.82, 2.24) is 10.3 Å². The van der Waals surface area contributed by atoms with Crippen LogP contribution in [0.1, 0.15) is 31.9 Å². The number of benzene rings is 1. The SMILES string of the molecule is CCNC(c1cccc2ccncc12)C1CCOC1C. The fraction of sp³-hybridized carbons (Fsp3) is 0.471. The van der Waals surface area contributed by atoms with Gasteiger partial charge >= 0.3 is 0 Å². The smallest absolute Gasteiger partial charge is 0.0594 e. The van der Waals surface area contributed by atoms with Crippen LogP contribution >= 0.6 is 0 Å². The second-order valence-electron chi connectivity index (χ2n) is 5.51. The van der Waals surface area contributed by atoms with Gasteiger partial charge in [-0.25, -0.2) is 0 Å². The fourth-order valence-corrected chi connectivity index (χ4v) is 3.31. The van der Waals surface area contributed by atoms with Crippen molar-refractivity contribution in [2.45, 2.75) is 32.4 Å². The van der Waals surface area contributed by atoms with E-state index >= 15 is 0 Å². The maximum absolute atomic E-state index is 5.77. The molecule has 20 heavy (non-hydrogen) atoms. The van der Waals surface area contributed by atoms with Crippen LogP contribution in [0.3, 0.4) is 0 Å². The van der Waals surface area contributed by atoms with Gasteiger partial charge in [0.05, 0.1) is 6.10 Å². The zero-order valence-electron chi connectivity index (χ0n) is 12.2. The van der Waals surface area contributed by atoms with Crippen LogP contribution in [-0.4, -0.2) is 24.2 Å². The first-order chi connectivity index (χ1) is 9.81. The number of nitrogens with zero attached hydrogens (tertiary/aromatic N) is 1. The van der Waals surface area contributed by atoms with Gasteiger partial charge in [-0.05, 0) is 36.9 Å². The van der Waals surface area contributed by atoms with Gasteiger partial charge in [-0.1, -0.05) is 25.1 Å². The van der Waals surface area contributed by atoms with Crippen LogP contribution in [0.25, 0.3) is 10.8 Å². The van der Waals surface area contributed by atoms with Crippen molar-refractivity contribution in [1.29, 1.82) is 0 Å². The van der Waals surface area contributed by atoms with Gasteiger partial charge in [-0.3, -0.25) is 4.98 Å². The van der Waals surface area contributed by atoms with Crippen LogP contribution in [0.4, 0.5) is 0 Å². The number of fused-ring (bicyclic) bond motifs is 1. The van der Waals surface area contributed by atoms with E-state index in [1.165, 1.54) is 16.3 Å². The van der Waals surface area contributed by atoms with Crippen molar-refractivity contribution < 1.29 is 4.74 Å². The van der Waals surface area contributed by atoms with Crippen molar-refractivity contribution in [3.63, 3.8) is 0 Å². The lowest BCUT2D eigenvalue weighted by Gasteiger charge is -2.28. The zero-order chi connectivity index (χ0) is 13.9. The van der Waals surface area contributed by atoms with E-state index in [9.17, 15) is 0 Å². The number of ether oxygens (including phenoxy) is 1. The van der Waals surface area contributed by atoms with Crippen LogP contribution in [0.15, 0.2) is 36.7 Å². The average molecular weight is 270 g/mol. The van der Waals surface area contributed by atoms with Gasteiger partial charge in [0.1, 0.15) is 0 Å². The second-order valence-corrected chi connectivity index (χ2v) is 5.51. The summed E-state index contributed by atoms with van der Waals surface area (Å²) in [6, 6.07) is 8.93. The molecule has 1 aliphatic heterocycles. The van der Waals surface area contributed by atoms with Gasteiger partial charge in [-0.2, -0.15) is 0 Å². The summed E-state index contributed by atoms with van der Waals surface area (Å²) in [5.74, 6) is 0.528. The largest absolute Gasteiger partial charge is 0.378 e. The van der Waals surface area contributed by atoms with Crippen LogP contribution < -0.4 is 5.32 Å². The van der Waals surface area contributed by atoms with Crippen molar-refractivity contribution in [2.75, 3.05) is 13.2 Å². The maximum Gasteiger partial charge on any atom is 0.0594 e. The minimum absolute atomic E-state index is 0.311. The van der Waals surface area contributed by atoms with E-state index in [1.807, 2.05) is 12.4 Å². The molecule has 3 unspecified atom stereocenters. The standard InChI is InChI=1S/C17H22N2O/c1-3-19-17(14-8-10-20-12(14)2)15-6-4-5-13-7-9-18-11-16(13)15/h4-7,9,11-12,14,17,19H,3,8,10H2,1-2H3. The maximum atomic E-state index is 5.77. The summed E-state index contributed by atoms with van der Waals surface area (Å²) in [5, 5.41) is 6.16. The second kappa shape index (κ2) is 5.90.